The van der Waals surface area contributed by atoms with E-state index in [0.717, 1.165) is 5.69 Å². The summed E-state index contributed by atoms with van der Waals surface area (Å²) in [5.41, 5.74) is 7.60. The molecule has 4 N–H and O–H groups in total. The molecule has 0 spiro atoms. The van der Waals surface area contributed by atoms with Crippen LogP contribution in [0.1, 0.15) is 16.1 Å². The summed E-state index contributed by atoms with van der Waals surface area (Å²) in [4.78, 5) is 20.4. The number of H-pyrrole nitrogens is 1. The van der Waals surface area contributed by atoms with Crippen molar-refractivity contribution in [2.24, 2.45) is 0 Å². The molecule has 0 atom stereocenters. The quantitative estimate of drug-likeness (QED) is 0.672. The van der Waals surface area contributed by atoms with Gasteiger partial charge in [0.25, 0.3) is 5.91 Å². The second-order valence-electron chi connectivity index (χ2n) is 4.48. The van der Waals surface area contributed by atoms with E-state index in [1.807, 2.05) is 6.92 Å². The highest BCUT2D eigenvalue weighted by Gasteiger charge is 2.18. The highest BCUT2D eigenvalue weighted by atomic mass is 16.1. The number of aromatic amines is 1. The predicted octanol–water partition coefficient (Wildman–Crippen LogP) is 1.40. The third kappa shape index (κ3) is 2.12. The van der Waals surface area contributed by atoms with Gasteiger partial charge in [-0.1, -0.05) is 6.58 Å². The molecule has 0 bridgehead atoms. The zero-order chi connectivity index (χ0) is 15.0. The van der Waals surface area contributed by atoms with Crippen LogP contribution in [-0.2, 0) is 0 Å². The minimum absolute atomic E-state index is 0.240. The Bertz CT molecular complexity index is 845. The fourth-order valence-corrected chi connectivity index (χ4v) is 2.09. The number of nitrogens with one attached hydrogen (secondary N) is 2. The summed E-state index contributed by atoms with van der Waals surface area (Å²) >= 11 is 0. The summed E-state index contributed by atoms with van der Waals surface area (Å²) in [6.45, 7) is 5.53. The van der Waals surface area contributed by atoms with Crippen LogP contribution in [0.25, 0.3) is 17.2 Å². The molecule has 0 fully saturated rings. The van der Waals surface area contributed by atoms with Gasteiger partial charge in [0.15, 0.2) is 5.82 Å². The first-order chi connectivity index (χ1) is 10.1. The van der Waals surface area contributed by atoms with Gasteiger partial charge in [0.1, 0.15) is 17.8 Å². The number of carbonyl (C=O) groups is 1. The summed E-state index contributed by atoms with van der Waals surface area (Å²) in [7, 11) is 0. The van der Waals surface area contributed by atoms with E-state index in [2.05, 4.69) is 32.1 Å². The van der Waals surface area contributed by atoms with E-state index >= 15 is 0 Å². The van der Waals surface area contributed by atoms with Crippen LogP contribution in [0, 0.1) is 6.92 Å². The zero-order valence-corrected chi connectivity index (χ0v) is 11.3. The smallest absolute Gasteiger partial charge is 0.259 e. The Hall–Kier alpha value is -3.16. The van der Waals surface area contributed by atoms with Crippen molar-refractivity contribution in [2.75, 3.05) is 11.1 Å². The Morgan fingerprint density at radius 2 is 2.33 bits per heavy atom. The first kappa shape index (κ1) is 12.9. The van der Waals surface area contributed by atoms with Crippen molar-refractivity contribution in [2.45, 2.75) is 6.92 Å². The molecule has 0 radical (unpaired) electrons. The maximum absolute atomic E-state index is 12.4. The molecule has 0 aliphatic heterocycles. The molecule has 8 heteroatoms. The molecule has 3 aromatic heterocycles. The van der Waals surface area contributed by atoms with E-state index in [-0.39, 0.29) is 11.7 Å². The van der Waals surface area contributed by atoms with Gasteiger partial charge in [-0.15, -0.1) is 0 Å². The zero-order valence-electron chi connectivity index (χ0n) is 11.3. The van der Waals surface area contributed by atoms with E-state index in [1.54, 1.807) is 23.0 Å². The van der Waals surface area contributed by atoms with Crippen LogP contribution in [-0.4, -0.2) is 30.6 Å². The van der Waals surface area contributed by atoms with Gasteiger partial charge in [-0.3, -0.25) is 9.89 Å². The molecular formula is C13H13N7O. The Morgan fingerprint density at radius 3 is 3.00 bits per heavy atom. The van der Waals surface area contributed by atoms with E-state index in [4.69, 9.17) is 5.73 Å². The van der Waals surface area contributed by atoms with Crippen molar-refractivity contribution < 1.29 is 4.79 Å². The fraction of sp³-hybridized carbons (Fsp3) is 0.0769. The molecular weight excluding hydrogens is 270 g/mol. The summed E-state index contributed by atoms with van der Waals surface area (Å²) in [5, 5.41) is 9.90. The third-order valence-corrected chi connectivity index (χ3v) is 3.03. The average Bonchev–Trinajstić information content (AvgIpc) is 3.03. The highest BCUT2D eigenvalue weighted by Crippen LogP contribution is 2.24. The van der Waals surface area contributed by atoms with E-state index < -0.39 is 0 Å². The van der Waals surface area contributed by atoms with Gasteiger partial charge in [0, 0.05) is 24.2 Å². The molecule has 3 rings (SSSR count). The van der Waals surface area contributed by atoms with Gasteiger partial charge < -0.3 is 15.6 Å². The molecule has 0 aliphatic rings. The van der Waals surface area contributed by atoms with E-state index in [1.165, 1.54) is 6.33 Å². The van der Waals surface area contributed by atoms with Gasteiger partial charge >= 0.3 is 0 Å². The number of rotatable bonds is 3. The number of anilines is 2. The van der Waals surface area contributed by atoms with Crippen LogP contribution in [0.15, 0.2) is 25.2 Å². The largest absolute Gasteiger partial charge is 0.383 e. The Morgan fingerprint density at radius 1 is 1.52 bits per heavy atom. The lowest BCUT2D eigenvalue weighted by Gasteiger charge is -2.01. The van der Waals surface area contributed by atoms with Crippen LogP contribution >= 0.6 is 0 Å². The van der Waals surface area contributed by atoms with Crippen molar-refractivity contribution in [3.05, 3.63) is 36.4 Å². The molecule has 0 aromatic carbocycles. The number of hydrogen-bond donors (Lipinski definition) is 3. The molecule has 0 saturated carbocycles. The topological polar surface area (TPSA) is 115 Å². The molecule has 8 nitrogen and oxygen atoms in total. The highest BCUT2D eigenvalue weighted by molar-refractivity contribution is 6.14. The Kier molecular flexibility index (Phi) is 2.90. The minimum atomic E-state index is -0.339. The number of nitrogens with two attached hydrogens (primary N) is 1. The van der Waals surface area contributed by atoms with Gasteiger partial charge in [-0.05, 0) is 6.92 Å². The first-order valence-electron chi connectivity index (χ1n) is 6.17. The number of aromatic nitrogens is 5. The van der Waals surface area contributed by atoms with Gasteiger partial charge in [-0.25, -0.2) is 9.97 Å². The molecule has 1 amide bonds. The minimum Gasteiger partial charge on any atom is -0.383 e. The average molecular weight is 283 g/mol. The van der Waals surface area contributed by atoms with Crippen LogP contribution in [0.3, 0.4) is 0 Å². The van der Waals surface area contributed by atoms with Gasteiger partial charge in [-0.2, -0.15) is 5.10 Å². The van der Waals surface area contributed by atoms with E-state index in [0.29, 0.717) is 22.4 Å². The molecule has 3 heterocycles. The van der Waals surface area contributed by atoms with Crippen molar-refractivity contribution in [1.82, 2.24) is 24.7 Å². The molecule has 0 unspecified atom stereocenters. The maximum atomic E-state index is 12.4. The number of nitrogen functional groups attached to an aromatic ring is 1. The standard InChI is InChI=1S/C13H13N7O/c1-3-20-5-8(10-11(14)15-6-16-12(10)20)13(21)17-9-4-7(2)18-19-9/h3-6H,1H2,2H3,(H2,14,15,16)(H2,17,18,19,21). The van der Waals surface area contributed by atoms with E-state index in [9.17, 15) is 4.79 Å². The molecule has 0 saturated heterocycles. The SMILES string of the molecule is C=Cn1cc(C(=O)Nc2cc(C)[nH]n2)c2c(N)ncnc21. The molecule has 106 valence electrons. The van der Waals surface area contributed by atoms with Gasteiger partial charge in [0.2, 0.25) is 0 Å². The molecule has 0 aliphatic carbocycles. The monoisotopic (exact) mass is 283 g/mol. The normalized spacial score (nSPS) is 10.7. The second-order valence-corrected chi connectivity index (χ2v) is 4.48. The maximum Gasteiger partial charge on any atom is 0.259 e. The Balaban J connectivity index is 2.07. The first-order valence-corrected chi connectivity index (χ1v) is 6.17. The van der Waals surface area contributed by atoms with Crippen LogP contribution < -0.4 is 11.1 Å². The summed E-state index contributed by atoms with van der Waals surface area (Å²) in [5.74, 6) is 0.338. The lowest BCUT2D eigenvalue weighted by atomic mass is 10.2. The lowest BCUT2D eigenvalue weighted by Crippen LogP contribution is -2.12. The second kappa shape index (κ2) is 4.75. The van der Waals surface area contributed by atoms with Gasteiger partial charge in [0.05, 0.1) is 10.9 Å². The fourth-order valence-electron chi connectivity index (χ4n) is 2.09. The summed E-state index contributed by atoms with van der Waals surface area (Å²) in [6, 6.07) is 1.73. The van der Waals surface area contributed by atoms with Crippen LogP contribution in [0.2, 0.25) is 0 Å². The van der Waals surface area contributed by atoms with Crippen molar-refractivity contribution in [3.63, 3.8) is 0 Å². The summed E-state index contributed by atoms with van der Waals surface area (Å²) in [6.07, 6.45) is 4.50. The summed E-state index contributed by atoms with van der Waals surface area (Å²) < 4.78 is 1.62. The van der Waals surface area contributed by atoms with Crippen LogP contribution in [0.4, 0.5) is 11.6 Å². The van der Waals surface area contributed by atoms with Crippen molar-refractivity contribution in [1.29, 1.82) is 0 Å². The number of fused-ring (bicyclic) bond motifs is 1. The molecule has 3 aromatic rings. The Labute approximate surface area is 119 Å². The third-order valence-electron chi connectivity index (χ3n) is 3.03. The number of aryl methyl sites for hydroxylation is 1. The number of carbonyl (C=O) groups excluding carboxylic acids is 1. The molecule has 21 heavy (non-hydrogen) atoms. The number of amides is 1. The lowest BCUT2D eigenvalue weighted by molar-refractivity contribution is 0.102. The van der Waals surface area contributed by atoms with Crippen molar-refractivity contribution in [3.8, 4) is 0 Å². The van der Waals surface area contributed by atoms with Crippen LogP contribution in [0.5, 0.6) is 0 Å². The van der Waals surface area contributed by atoms with Crippen molar-refractivity contribution >= 4 is 34.8 Å². The predicted molar refractivity (Wildman–Crippen MR) is 79.6 cm³/mol. The number of hydrogen-bond acceptors (Lipinski definition) is 5. The number of nitrogens with zero attached hydrogens (tertiary/aromatic N) is 4.